The Balaban J connectivity index is 1.74. The summed E-state index contributed by atoms with van der Waals surface area (Å²) in [4.78, 5) is 14.4. The molecule has 0 N–H and O–H groups in total. The fourth-order valence-electron chi connectivity index (χ4n) is 2.75. The SMILES string of the molecule is CC(C)c1ccccc1N(C)C(=O)Cc1ccc(-n2cnnn2)cc1. The average molecular weight is 335 g/mol. The van der Waals surface area contributed by atoms with Crippen molar-refractivity contribution < 1.29 is 4.79 Å². The Bertz CT molecular complexity index is 841. The smallest absolute Gasteiger partial charge is 0.231 e. The van der Waals surface area contributed by atoms with Crippen molar-refractivity contribution in [2.45, 2.75) is 26.2 Å². The van der Waals surface area contributed by atoms with E-state index in [1.165, 1.54) is 11.9 Å². The summed E-state index contributed by atoms with van der Waals surface area (Å²) in [5.41, 5.74) is 3.95. The Hall–Kier alpha value is -3.02. The Morgan fingerprint density at radius 2 is 1.84 bits per heavy atom. The van der Waals surface area contributed by atoms with Crippen LogP contribution >= 0.6 is 0 Å². The second-order valence-electron chi connectivity index (χ2n) is 6.26. The molecule has 25 heavy (non-hydrogen) atoms. The molecule has 3 aromatic rings. The predicted octanol–water partition coefficient (Wildman–Crippen LogP) is 2.99. The molecule has 0 bridgehead atoms. The Morgan fingerprint density at radius 1 is 1.12 bits per heavy atom. The van der Waals surface area contributed by atoms with E-state index < -0.39 is 0 Å². The maximum Gasteiger partial charge on any atom is 0.231 e. The molecule has 6 heteroatoms. The van der Waals surface area contributed by atoms with Crippen molar-refractivity contribution >= 4 is 11.6 Å². The third-order valence-electron chi connectivity index (χ3n) is 4.20. The summed E-state index contributed by atoms with van der Waals surface area (Å²) < 4.78 is 1.58. The van der Waals surface area contributed by atoms with Gasteiger partial charge in [0.1, 0.15) is 6.33 Å². The van der Waals surface area contributed by atoms with E-state index >= 15 is 0 Å². The quantitative estimate of drug-likeness (QED) is 0.719. The van der Waals surface area contributed by atoms with E-state index in [2.05, 4.69) is 35.4 Å². The average Bonchev–Trinajstić information content (AvgIpc) is 3.16. The van der Waals surface area contributed by atoms with Crippen molar-refractivity contribution in [3.8, 4) is 5.69 Å². The van der Waals surface area contributed by atoms with Crippen LogP contribution in [0.3, 0.4) is 0 Å². The maximum absolute atomic E-state index is 12.7. The standard InChI is InChI=1S/C19H21N5O/c1-14(2)17-6-4-5-7-18(17)23(3)19(25)12-15-8-10-16(11-9-15)24-13-20-21-22-24/h4-11,13-14H,12H2,1-3H3. The van der Waals surface area contributed by atoms with Crippen LogP contribution in [0.2, 0.25) is 0 Å². The van der Waals surface area contributed by atoms with Crippen LogP contribution in [0.15, 0.2) is 54.9 Å². The van der Waals surface area contributed by atoms with Crippen molar-refractivity contribution in [2.75, 3.05) is 11.9 Å². The molecule has 6 nitrogen and oxygen atoms in total. The summed E-state index contributed by atoms with van der Waals surface area (Å²) in [7, 11) is 1.83. The van der Waals surface area contributed by atoms with Gasteiger partial charge in [-0.25, -0.2) is 4.68 Å². The Labute approximate surface area is 147 Å². The van der Waals surface area contributed by atoms with Crippen molar-refractivity contribution in [3.63, 3.8) is 0 Å². The molecule has 1 aromatic heterocycles. The van der Waals surface area contributed by atoms with Gasteiger partial charge in [-0.3, -0.25) is 4.79 Å². The fraction of sp³-hybridized carbons (Fsp3) is 0.263. The number of amides is 1. The van der Waals surface area contributed by atoms with Crippen LogP contribution in [0.1, 0.15) is 30.9 Å². The second kappa shape index (κ2) is 7.25. The fourth-order valence-corrected chi connectivity index (χ4v) is 2.75. The van der Waals surface area contributed by atoms with E-state index in [0.717, 1.165) is 16.9 Å². The molecule has 0 unspecified atom stereocenters. The van der Waals surface area contributed by atoms with E-state index in [1.807, 2.05) is 49.5 Å². The maximum atomic E-state index is 12.7. The van der Waals surface area contributed by atoms with Gasteiger partial charge in [-0.15, -0.1) is 5.10 Å². The number of likely N-dealkylation sites (N-methyl/N-ethyl adjacent to an activating group) is 1. The van der Waals surface area contributed by atoms with E-state index in [4.69, 9.17) is 0 Å². The van der Waals surface area contributed by atoms with Gasteiger partial charge < -0.3 is 4.90 Å². The largest absolute Gasteiger partial charge is 0.315 e. The number of para-hydroxylation sites is 1. The highest BCUT2D eigenvalue weighted by Crippen LogP contribution is 2.27. The zero-order valence-electron chi connectivity index (χ0n) is 14.6. The molecule has 0 spiro atoms. The molecule has 0 aliphatic rings. The van der Waals surface area contributed by atoms with Crippen LogP contribution in [0.4, 0.5) is 5.69 Å². The lowest BCUT2D eigenvalue weighted by molar-refractivity contribution is -0.117. The van der Waals surface area contributed by atoms with Gasteiger partial charge in [0.05, 0.1) is 12.1 Å². The molecule has 0 radical (unpaired) electrons. The Kier molecular flexibility index (Phi) is 4.88. The predicted molar refractivity (Wildman–Crippen MR) is 96.8 cm³/mol. The summed E-state index contributed by atoms with van der Waals surface area (Å²) >= 11 is 0. The molecule has 0 aliphatic carbocycles. The molecule has 128 valence electrons. The number of tetrazole rings is 1. The second-order valence-corrected chi connectivity index (χ2v) is 6.26. The summed E-state index contributed by atoms with van der Waals surface area (Å²) in [6.45, 7) is 4.27. The number of aromatic nitrogens is 4. The molecule has 1 heterocycles. The summed E-state index contributed by atoms with van der Waals surface area (Å²) in [6, 6.07) is 15.7. The van der Waals surface area contributed by atoms with E-state index in [0.29, 0.717) is 12.3 Å². The topological polar surface area (TPSA) is 63.9 Å². The van der Waals surface area contributed by atoms with Gasteiger partial charge in [-0.1, -0.05) is 44.2 Å². The molecule has 0 fully saturated rings. The third kappa shape index (κ3) is 3.74. The van der Waals surface area contributed by atoms with Crippen LogP contribution in [-0.4, -0.2) is 33.2 Å². The lowest BCUT2D eigenvalue weighted by atomic mass is 10.0. The first kappa shape index (κ1) is 16.8. The van der Waals surface area contributed by atoms with Crippen LogP contribution in [0.5, 0.6) is 0 Å². The zero-order chi connectivity index (χ0) is 17.8. The summed E-state index contributed by atoms with van der Waals surface area (Å²) in [5, 5.41) is 11.1. The molecule has 2 aromatic carbocycles. The number of hydrogen-bond donors (Lipinski definition) is 0. The highest BCUT2D eigenvalue weighted by molar-refractivity contribution is 5.95. The van der Waals surface area contributed by atoms with Crippen molar-refractivity contribution in [1.29, 1.82) is 0 Å². The number of carbonyl (C=O) groups excluding carboxylic acids is 1. The van der Waals surface area contributed by atoms with Crippen molar-refractivity contribution in [2.24, 2.45) is 0 Å². The van der Waals surface area contributed by atoms with E-state index in [-0.39, 0.29) is 5.91 Å². The molecule has 0 saturated heterocycles. The van der Waals surface area contributed by atoms with E-state index in [9.17, 15) is 4.79 Å². The van der Waals surface area contributed by atoms with Gasteiger partial charge in [-0.05, 0) is 45.7 Å². The lowest BCUT2D eigenvalue weighted by Gasteiger charge is -2.22. The van der Waals surface area contributed by atoms with Crippen LogP contribution in [-0.2, 0) is 11.2 Å². The van der Waals surface area contributed by atoms with Gasteiger partial charge in [0.2, 0.25) is 5.91 Å². The molecule has 3 rings (SSSR count). The minimum absolute atomic E-state index is 0.0586. The lowest BCUT2D eigenvalue weighted by Crippen LogP contribution is -2.28. The summed E-state index contributed by atoms with van der Waals surface area (Å²) in [5.74, 6) is 0.422. The minimum atomic E-state index is 0.0586. The highest BCUT2D eigenvalue weighted by atomic mass is 16.2. The Morgan fingerprint density at radius 3 is 2.48 bits per heavy atom. The first-order valence-electron chi connectivity index (χ1n) is 8.24. The number of carbonyl (C=O) groups is 1. The molecule has 1 amide bonds. The molecule has 0 saturated carbocycles. The molecular formula is C19H21N5O. The van der Waals surface area contributed by atoms with Gasteiger partial charge in [-0.2, -0.15) is 0 Å². The number of hydrogen-bond acceptors (Lipinski definition) is 4. The number of rotatable bonds is 5. The van der Waals surface area contributed by atoms with E-state index in [1.54, 1.807) is 9.58 Å². The summed E-state index contributed by atoms with van der Waals surface area (Å²) in [6.07, 6.45) is 1.88. The van der Waals surface area contributed by atoms with Gasteiger partial charge >= 0.3 is 0 Å². The zero-order valence-corrected chi connectivity index (χ0v) is 14.6. The number of anilines is 1. The first-order valence-corrected chi connectivity index (χ1v) is 8.24. The number of benzene rings is 2. The molecule has 0 aliphatic heterocycles. The van der Waals surface area contributed by atoms with Crippen LogP contribution < -0.4 is 4.90 Å². The minimum Gasteiger partial charge on any atom is -0.315 e. The monoisotopic (exact) mass is 335 g/mol. The van der Waals surface area contributed by atoms with Gasteiger partial charge in [0.15, 0.2) is 0 Å². The van der Waals surface area contributed by atoms with Crippen molar-refractivity contribution in [1.82, 2.24) is 20.2 Å². The van der Waals surface area contributed by atoms with Crippen molar-refractivity contribution in [3.05, 3.63) is 66.0 Å². The number of nitrogens with zero attached hydrogens (tertiary/aromatic N) is 5. The van der Waals surface area contributed by atoms with Gasteiger partial charge in [0, 0.05) is 12.7 Å². The van der Waals surface area contributed by atoms with Crippen LogP contribution in [0.25, 0.3) is 5.69 Å². The third-order valence-corrected chi connectivity index (χ3v) is 4.20. The molecule has 0 atom stereocenters. The first-order chi connectivity index (χ1) is 12.1. The van der Waals surface area contributed by atoms with Gasteiger partial charge in [0.25, 0.3) is 0 Å². The highest BCUT2D eigenvalue weighted by Gasteiger charge is 2.16. The molecular weight excluding hydrogens is 314 g/mol. The van der Waals surface area contributed by atoms with Crippen LogP contribution in [0, 0.1) is 0 Å². The normalized spacial score (nSPS) is 10.9.